The largest absolute Gasteiger partial charge is 0.0649 e. The molecule has 0 heterocycles. The lowest BCUT2D eigenvalue weighted by Gasteiger charge is -2.38. The van der Waals surface area contributed by atoms with E-state index in [1.165, 1.54) is 19.3 Å². The zero-order chi connectivity index (χ0) is 14.5. The summed E-state index contributed by atoms with van der Waals surface area (Å²) in [6.45, 7) is 21.6. The zero-order valence-corrected chi connectivity index (χ0v) is 14.5. The lowest BCUT2D eigenvalue weighted by atomic mass is 9.68. The van der Waals surface area contributed by atoms with Gasteiger partial charge in [-0.05, 0) is 41.4 Å². The molecule has 0 saturated heterocycles. The Hall–Kier alpha value is 0. The van der Waals surface area contributed by atoms with Gasteiger partial charge in [0.1, 0.15) is 0 Å². The SMILES string of the molecule is CCC(C)(C)C(CCC(C)C(C)C(C)C)C(C)C. The molecular weight excluding hydrogens is 216 g/mol. The summed E-state index contributed by atoms with van der Waals surface area (Å²) < 4.78 is 0. The van der Waals surface area contributed by atoms with Gasteiger partial charge in [-0.15, -0.1) is 0 Å². The van der Waals surface area contributed by atoms with Crippen LogP contribution in [0.4, 0.5) is 0 Å². The van der Waals surface area contributed by atoms with Crippen molar-refractivity contribution in [2.24, 2.45) is 35.0 Å². The van der Waals surface area contributed by atoms with Gasteiger partial charge in [0.2, 0.25) is 0 Å². The third kappa shape index (κ3) is 5.33. The third-order valence-corrected chi connectivity index (χ3v) is 5.60. The van der Waals surface area contributed by atoms with E-state index >= 15 is 0 Å². The maximum atomic E-state index is 2.45. The van der Waals surface area contributed by atoms with Gasteiger partial charge in [0.05, 0.1) is 0 Å². The summed E-state index contributed by atoms with van der Waals surface area (Å²) in [5.41, 5.74) is 0.495. The Morgan fingerprint density at radius 3 is 1.61 bits per heavy atom. The highest BCUT2D eigenvalue weighted by Crippen LogP contribution is 2.40. The van der Waals surface area contributed by atoms with Crippen LogP contribution in [0, 0.1) is 35.0 Å². The third-order valence-electron chi connectivity index (χ3n) is 5.60. The highest BCUT2D eigenvalue weighted by molar-refractivity contribution is 4.80. The van der Waals surface area contributed by atoms with Crippen molar-refractivity contribution < 1.29 is 0 Å². The molecule has 0 rings (SSSR count). The highest BCUT2D eigenvalue weighted by Gasteiger charge is 2.30. The Morgan fingerprint density at radius 1 is 0.778 bits per heavy atom. The van der Waals surface area contributed by atoms with Crippen LogP contribution >= 0.6 is 0 Å². The van der Waals surface area contributed by atoms with Crippen LogP contribution in [-0.4, -0.2) is 0 Å². The smallest absolute Gasteiger partial charge is 0.0326 e. The quantitative estimate of drug-likeness (QED) is 0.470. The van der Waals surface area contributed by atoms with E-state index in [0.717, 1.165) is 29.6 Å². The lowest BCUT2D eigenvalue weighted by molar-refractivity contribution is 0.123. The molecule has 0 radical (unpaired) electrons. The first-order valence-electron chi connectivity index (χ1n) is 8.13. The minimum absolute atomic E-state index is 0.495. The molecule has 0 aliphatic heterocycles. The molecule has 3 atom stereocenters. The summed E-state index contributed by atoms with van der Waals surface area (Å²) in [5.74, 6) is 4.20. The van der Waals surface area contributed by atoms with Crippen molar-refractivity contribution in [1.29, 1.82) is 0 Å². The molecule has 0 aliphatic rings. The van der Waals surface area contributed by atoms with Gasteiger partial charge in [-0.1, -0.05) is 75.2 Å². The normalized spacial score (nSPS) is 18.2. The predicted octanol–water partition coefficient (Wildman–Crippen LogP) is 6.40. The van der Waals surface area contributed by atoms with Gasteiger partial charge < -0.3 is 0 Å². The van der Waals surface area contributed by atoms with Gasteiger partial charge in [0, 0.05) is 0 Å². The van der Waals surface area contributed by atoms with E-state index in [1.807, 2.05) is 0 Å². The van der Waals surface area contributed by atoms with Crippen LogP contribution in [0.2, 0.25) is 0 Å². The molecule has 18 heavy (non-hydrogen) atoms. The fourth-order valence-electron chi connectivity index (χ4n) is 3.25. The summed E-state index contributed by atoms with van der Waals surface area (Å²) in [6.07, 6.45) is 4.09. The van der Waals surface area contributed by atoms with Crippen molar-refractivity contribution in [3.8, 4) is 0 Å². The second-order valence-electron chi connectivity index (χ2n) is 7.85. The van der Waals surface area contributed by atoms with Crippen LogP contribution in [-0.2, 0) is 0 Å². The minimum atomic E-state index is 0.495. The van der Waals surface area contributed by atoms with Gasteiger partial charge >= 0.3 is 0 Å². The zero-order valence-electron chi connectivity index (χ0n) is 14.5. The first kappa shape index (κ1) is 18.0. The second kappa shape index (κ2) is 7.56. The fraction of sp³-hybridized carbons (Fsp3) is 1.00. The first-order chi connectivity index (χ1) is 8.13. The van der Waals surface area contributed by atoms with E-state index in [-0.39, 0.29) is 0 Å². The molecule has 0 spiro atoms. The van der Waals surface area contributed by atoms with E-state index in [1.54, 1.807) is 0 Å². The van der Waals surface area contributed by atoms with Crippen molar-refractivity contribution in [1.82, 2.24) is 0 Å². The highest BCUT2D eigenvalue weighted by atomic mass is 14.4. The van der Waals surface area contributed by atoms with Crippen molar-refractivity contribution in [3.05, 3.63) is 0 Å². The van der Waals surface area contributed by atoms with E-state index in [9.17, 15) is 0 Å². The van der Waals surface area contributed by atoms with Crippen LogP contribution in [0.1, 0.15) is 81.6 Å². The van der Waals surface area contributed by atoms with Gasteiger partial charge in [-0.25, -0.2) is 0 Å². The Kier molecular flexibility index (Phi) is 7.56. The van der Waals surface area contributed by atoms with Crippen LogP contribution in [0.25, 0.3) is 0 Å². The monoisotopic (exact) mass is 254 g/mol. The lowest BCUT2D eigenvalue weighted by Crippen LogP contribution is -2.29. The van der Waals surface area contributed by atoms with Crippen molar-refractivity contribution in [2.45, 2.75) is 81.6 Å². The molecule has 0 fully saturated rings. The second-order valence-corrected chi connectivity index (χ2v) is 7.85. The van der Waals surface area contributed by atoms with Gasteiger partial charge in [-0.3, -0.25) is 0 Å². The number of hydrogen-bond donors (Lipinski definition) is 0. The molecule has 0 amide bonds. The molecule has 0 aromatic heterocycles. The Labute approximate surface area is 117 Å². The molecule has 0 saturated carbocycles. The van der Waals surface area contributed by atoms with Crippen molar-refractivity contribution >= 4 is 0 Å². The Balaban J connectivity index is 4.46. The van der Waals surface area contributed by atoms with Gasteiger partial charge in [0.25, 0.3) is 0 Å². The number of rotatable bonds is 8. The number of hydrogen-bond acceptors (Lipinski definition) is 0. The summed E-state index contributed by atoms with van der Waals surface area (Å²) in [4.78, 5) is 0. The van der Waals surface area contributed by atoms with Crippen molar-refractivity contribution in [2.75, 3.05) is 0 Å². The topological polar surface area (TPSA) is 0 Å². The minimum Gasteiger partial charge on any atom is -0.0649 e. The van der Waals surface area contributed by atoms with Crippen LogP contribution in [0.3, 0.4) is 0 Å². The van der Waals surface area contributed by atoms with E-state index < -0.39 is 0 Å². The molecule has 0 N–H and O–H groups in total. The summed E-state index contributed by atoms with van der Waals surface area (Å²) in [7, 11) is 0. The van der Waals surface area contributed by atoms with E-state index in [0.29, 0.717) is 5.41 Å². The standard InChI is InChI=1S/C18H38/c1-10-18(8,9)17(14(4)5)12-11-15(6)16(7)13(2)3/h13-17H,10-12H2,1-9H3. The maximum absolute atomic E-state index is 2.45. The molecule has 0 aromatic rings. The Bertz CT molecular complexity index is 212. The van der Waals surface area contributed by atoms with E-state index in [4.69, 9.17) is 0 Å². The Morgan fingerprint density at radius 2 is 1.28 bits per heavy atom. The van der Waals surface area contributed by atoms with E-state index in [2.05, 4.69) is 62.3 Å². The van der Waals surface area contributed by atoms with Crippen LogP contribution < -0.4 is 0 Å². The molecule has 3 unspecified atom stereocenters. The molecule has 0 aromatic carbocycles. The first-order valence-corrected chi connectivity index (χ1v) is 8.13. The summed E-state index contributed by atoms with van der Waals surface area (Å²) in [5, 5.41) is 0. The van der Waals surface area contributed by atoms with Gasteiger partial charge in [0.15, 0.2) is 0 Å². The molecule has 0 heteroatoms. The fourth-order valence-corrected chi connectivity index (χ4v) is 3.25. The molecule has 0 nitrogen and oxygen atoms in total. The average molecular weight is 255 g/mol. The summed E-state index contributed by atoms with van der Waals surface area (Å²) >= 11 is 0. The molecule has 0 bridgehead atoms. The maximum Gasteiger partial charge on any atom is -0.0326 e. The van der Waals surface area contributed by atoms with Crippen LogP contribution in [0.5, 0.6) is 0 Å². The molecule has 110 valence electrons. The van der Waals surface area contributed by atoms with Crippen LogP contribution in [0.15, 0.2) is 0 Å². The van der Waals surface area contributed by atoms with Crippen molar-refractivity contribution in [3.63, 3.8) is 0 Å². The molecule has 0 aliphatic carbocycles. The summed E-state index contributed by atoms with van der Waals surface area (Å²) in [6, 6.07) is 0. The molecular formula is C18H38. The average Bonchev–Trinajstić information content (AvgIpc) is 2.26. The van der Waals surface area contributed by atoms with Gasteiger partial charge in [-0.2, -0.15) is 0 Å². The predicted molar refractivity (Wildman–Crippen MR) is 84.8 cm³/mol.